The van der Waals surface area contributed by atoms with Gasteiger partial charge in [0.2, 0.25) is 0 Å². The number of ether oxygens (including phenoxy) is 2. The minimum atomic E-state index is 0.207. The van der Waals surface area contributed by atoms with Crippen molar-refractivity contribution in [3.63, 3.8) is 0 Å². The maximum absolute atomic E-state index is 6.20. The largest absolute Gasteiger partial charge is 0.379 e. The Morgan fingerprint density at radius 2 is 1.94 bits per heavy atom. The van der Waals surface area contributed by atoms with Crippen LogP contribution in [0.2, 0.25) is 0 Å². The third-order valence-electron chi connectivity index (χ3n) is 3.57. The summed E-state index contributed by atoms with van der Waals surface area (Å²) in [6.07, 6.45) is 8.21. The van der Waals surface area contributed by atoms with Crippen LogP contribution in [0.3, 0.4) is 0 Å². The van der Waals surface area contributed by atoms with Crippen molar-refractivity contribution in [1.29, 1.82) is 0 Å². The molecule has 0 aromatic heterocycles. The Kier molecular flexibility index (Phi) is 8.64. The van der Waals surface area contributed by atoms with Gasteiger partial charge in [0, 0.05) is 12.6 Å². The quantitative estimate of drug-likeness (QED) is 0.678. The number of rotatable bonds is 8. The summed E-state index contributed by atoms with van der Waals surface area (Å²) in [5, 5.41) is 3.66. The second-order valence-electron chi connectivity index (χ2n) is 5.34. The van der Waals surface area contributed by atoms with E-state index >= 15 is 0 Å². The summed E-state index contributed by atoms with van der Waals surface area (Å²) >= 11 is 0. The lowest BCUT2D eigenvalue weighted by molar-refractivity contribution is -0.0617. The van der Waals surface area contributed by atoms with Gasteiger partial charge in [0.05, 0.1) is 18.8 Å². The summed E-state index contributed by atoms with van der Waals surface area (Å²) in [5.74, 6) is 0. The van der Waals surface area contributed by atoms with Gasteiger partial charge in [0.1, 0.15) is 0 Å². The van der Waals surface area contributed by atoms with Gasteiger partial charge in [0.25, 0.3) is 0 Å². The van der Waals surface area contributed by atoms with E-state index < -0.39 is 0 Å². The van der Waals surface area contributed by atoms with Crippen molar-refractivity contribution in [3.8, 4) is 0 Å². The molecule has 3 atom stereocenters. The zero-order valence-electron chi connectivity index (χ0n) is 12.4. The van der Waals surface area contributed by atoms with E-state index in [1.54, 1.807) is 0 Å². The molecule has 108 valence electrons. The Balaban J connectivity index is 2.39. The van der Waals surface area contributed by atoms with Gasteiger partial charge in [-0.05, 0) is 39.7 Å². The van der Waals surface area contributed by atoms with Gasteiger partial charge in [-0.3, -0.25) is 0 Å². The minimum Gasteiger partial charge on any atom is -0.379 e. The number of nitrogens with one attached hydrogen (secondary N) is 1. The van der Waals surface area contributed by atoms with Crippen molar-refractivity contribution >= 4 is 0 Å². The van der Waals surface area contributed by atoms with E-state index in [9.17, 15) is 0 Å². The van der Waals surface area contributed by atoms with E-state index in [0.29, 0.717) is 18.8 Å². The first-order chi connectivity index (χ1) is 8.77. The highest BCUT2D eigenvalue weighted by molar-refractivity contribution is 4.81. The third-order valence-corrected chi connectivity index (χ3v) is 3.57. The molecule has 3 heteroatoms. The fourth-order valence-corrected chi connectivity index (χ4v) is 2.62. The molecule has 0 heterocycles. The lowest BCUT2D eigenvalue weighted by Gasteiger charge is -2.29. The highest BCUT2D eigenvalue weighted by atomic mass is 16.5. The van der Waals surface area contributed by atoms with E-state index in [0.717, 1.165) is 13.2 Å². The Bertz CT molecular complexity index is 199. The van der Waals surface area contributed by atoms with Gasteiger partial charge < -0.3 is 14.8 Å². The highest BCUT2D eigenvalue weighted by Crippen LogP contribution is 2.22. The molecule has 0 aromatic rings. The lowest BCUT2D eigenvalue weighted by Crippen LogP contribution is -2.43. The molecule has 0 saturated heterocycles. The molecule has 0 amide bonds. The maximum atomic E-state index is 6.20. The average molecular weight is 257 g/mol. The van der Waals surface area contributed by atoms with Crippen LogP contribution in [0.15, 0.2) is 0 Å². The average Bonchev–Trinajstić information content (AvgIpc) is 2.59. The van der Waals surface area contributed by atoms with Crippen molar-refractivity contribution in [2.24, 2.45) is 0 Å². The molecule has 0 aromatic carbocycles. The van der Waals surface area contributed by atoms with Gasteiger partial charge >= 0.3 is 0 Å². The van der Waals surface area contributed by atoms with Crippen molar-refractivity contribution in [3.05, 3.63) is 0 Å². The van der Waals surface area contributed by atoms with Crippen LogP contribution in [0.1, 0.15) is 59.3 Å². The second kappa shape index (κ2) is 9.76. The van der Waals surface area contributed by atoms with Gasteiger partial charge in [0.15, 0.2) is 0 Å². The fourth-order valence-electron chi connectivity index (χ4n) is 2.62. The maximum Gasteiger partial charge on any atom is 0.0785 e. The van der Waals surface area contributed by atoms with Crippen LogP contribution in [-0.4, -0.2) is 38.0 Å². The molecular weight excluding hydrogens is 226 g/mol. The molecular formula is C15H31NO2. The topological polar surface area (TPSA) is 30.5 Å². The van der Waals surface area contributed by atoms with Gasteiger partial charge in [-0.1, -0.05) is 26.2 Å². The van der Waals surface area contributed by atoms with Crippen molar-refractivity contribution in [1.82, 2.24) is 5.32 Å². The zero-order valence-corrected chi connectivity index (χ0v) is 12.4. The molecule has 0 spiro atoms. The molecule has 0 aliphatic heterocycles. The Morgan fingerprint density at radius 3 is 2.67 bits per heavy atom. The second-order valence-corrected chi connectivity index (χ2v) is 5.34. The molecule has 1 saturated carbocycles. The molecule has 3 unspecified atom stereocenters. The van der Waals surface area contributed by atoms with Crippen LogP contribution in [0.4, 0.5) is 0 Å². The predicted molar refractivity (Wildman–Crippen MR) is 76.0 cm³/mol. The summed E-state index contributed by atoms with van der Waals surface area (Å²) in [5.41, 5.74) is 0. The fraction of sp³-hybridized carbons (Fsp3) is 1.00. The van der Waals surface area contributed by atoms with Gasteiger partial charge in [-0.25, -0.2) is 0 Å². The van der Waals surface area contributed by atoms with Crippen LogP contribution in [0, 0.1) is 0 Å². The van der Waals surface area contributed by atoms with Crippen LogP contribution in [-0.2, 0) is 9.47 Å². The molecule has 0 bridgehead atoms. The predicted octanol–water partition coefficient (Wildman–Crippen LogP) is 3.13. The summed E-state index contributed by atoms with van der Waals surface area (Å²) in [7, 11) is 0. The molecule has 1 aliphatic carbocycles. The van der Waals surface area contributed by atoms with Crippen LogP contribution in [0.5, 0.6) is 0 Å². The molecule has 1 rings (SSSR count). The Labute approximate surface area is 113 Å². The first kappa shape index (κ1) is 15.9. The SMILES string of the molecule is CCCNC1CCCCCC1OC(C)COCC. The van der Waals surface area contributed by atoms with Crippen molar-refractivity contribution < 1.29 is 9.47 Å². The third kappa shape index (κ3) is 6.17. The summed E-state index contributed by atoms with van der Waals surface area (Å²) in [6, 6.07) is 0.538. The Morgan fingerprint density at radius 1 is 1.17 bits per heavy atom. The van der Waals surface area contributed by atoms with Crippen LogP contribution >= 0.6 is 0 Å². The smallest absolute Gasteiger partial charge is 0.0785 e. The minimum absolute atomic E-state index is 0.207. The van der Waals surface area contributed by atoms with Crippen LogP contribution < -0.4 is 5.32 Å². The first-order valence-corrected chi connectivity index (χ1v) is 7.74. The zero-order chi connectivity index (χ0) is 13.2. The summed E-state index contributed by atoms with van der Waals surface area (Å²) in [4.78, 5) is 0. The lowest BCUT2D eigenvalue weighted by atomic mass is 10.1. The molecule has 1 N–H and O–H groups in total. The highest BCUT2D eigenvalue weighted by Gasteiger charge is 2.25. The van der Waals surface area contributed by atoms with Gasteiger partial charge in [-0.2, -0.15) is 0 Å². The van der Waals surface area contributed by atoms with Crippen molar-refractivity contribution in [2.45, 2.75) is 77.5 Å². The van der Waals surface area contributed by atoms with Gasteiger partial charge in [-0.15, -0.1) is 0 Å². The molecule has 18 heavy (non-hydrogen) atoms. The first-order valence-electron chi connectivity index (χ1n) is 7.74. The normalized spacial score (nSPS) is 26.8. The standard InChI is InChI=1S/C15H31NO2/c1-4-11-16-14-9-7-6-8-10-15(14)18-13(3)12-17-5-2/h13-16H,4-12H2,1-3H3. The van der Waals surface area contributed by atoms with E-state index in [1.165, 1.54) is 38.5 Å². The number of hydrogen-bond donors (Lipinski definition) is 1. The Hall–Kier alpha value is -0.120. The number of hydrogen-bond acceptors (Lipinski definition) is 3. The monoisotopic (exact) mass is 257 g/mol. The van der Waals surface area contributed by atoms with E-state index in [-0.39, 0.29) is 6.10 Å². The molecule has 3 nitrogen and oxygen atoms in total. The van der Waals surface area contributed by atoms with E-state index in [4.69, 9.17) is 9.47 Å². The molecule has 1 aliphatic rings. The van der Waals surface area contributed by atoms with Crippen LogP contribution in [0.25, 0.3) is 0 Å². The molecule has 1 fully saturated rings. The van der Waals surface area contributed by atoms with E-state index in [2.05, 4.69) is 19.2 Å². The molecule has 0 radical (unpaired) electrons. The van der Waals surface area contributed by atoms with E-state index in [1.807, 2.05) is 6.92 Å². The summed E-state index contributed by atoms with van der Waals surface area (Å²) < 4.78 is 11.6. The summed E-state index contributed by atoms with van der Waals surface area (Å²) in [6.45, 7) is 8.96. The van der Waals surface area contributed by atoms with Crippen molar-refractivity contribution in [2.75, 3.05) is 19.8 Å².